The fourth-order valence-electron chi connectivity index (χ4n) is 4.40. The van der Waals surface area contributed by atoms with Gasteiger partial charge in [-0.2, -0.15) is 0 Å². The Morgan fingerprint density at radius 2 is 1.17 bits per heavy atom. The average Bonchev–Trinajstić information content (AvgIpc) is 3.17. The molecule has 1 aromatic heterocycles. The third-order valence-electron chi connectivity index (χ3n) is 5.40. The molecule has 0 amide bonds. The summed E-state index contributed by atoms with van der Waals surface area (Å²) >= 11 is 0. The molecule has 0 saturated heterocycles. The maximum absolute atomic E-state index is 4.28. The summed E-state index contributed by atoms with van der Waals surface area (Å²) in [7, 11) is 0. The fraction of sp³-hybridized carbons (Fsp3) is 0.0455. The molecule has 4 bridgehead atoms. The number of aromatic nitrogens is 2. The molecule has 24 heavy (non-hydrogen) atoms. The van der Waals surface area contributed by atoms with Crippen LogP contribution in [-0.4, -0.2) is 9.55 Å². The molecule has 0 radical (unpaired) electrons. The van der Waals surface area contributed by atoms with Crippen LogP contribution < -0.4 is 0 Å². The first-order chi connectivity index (χ1) is 11.8. The van der Waals surface area contributed by atoms with Gasteiger partial charge in [0.05, 0.1) is 12.0 Å². The topological polar surface area (TPSA) is 17.8 Å². The van der Waals surface area contributed by atoms with Crippen molar-refractivity contribution in [3.63, 3.8) is 0 Å². The molecule has 0 spiro atoms. The van der Waals surface area contributed by atoms with Gasteiger partial charge in [0.2, 0.25) is 0 Å². The largest absolute Gasteiger partial charge is 0.305 e. The first-order valence-electron chi connectivity index (χ1n) is 8.23. The van der Waals surface area contributed by atoms with E-state index in [9.17, 15) is 0 Å². The minimum atomic E-state index is 1.25. The molecule has 0 aliphatic heterocycles. The molecule has 0 N–H and O–H groups in total. The Kier molecular flexibility index (Phi) is 2.07. The van der Waals surface area contributed by atoms with Gasteiger partial charge in [-0.05, 0) is 44.8 Å². The maximum atomic E-state index is 4.28. The van der Waals surface area contributed by atoms with Crippen LogP contribution in [0.15, 0.2) is 67.3 Å². The molecular formula is C22H14N2. The predicted octanol–water partition coefficient (Wildman–Crippen LogP) is 5.67. The number of nitrogens with zero attached hydrogens (tertiary/aromatic N) is 2. The van der Waals surface area contributed by atoms with Crippen molar-refractivity contribution >= 4 is 43.1 Å². The number of benzene rings is 7. The third-order valence-corrected chi connectivity index (χ3v) is 5.40. The Labute approximate surface area is 138 Å². The van der Waals surface area contributed by atoms with Crippen molar-refractivity contribution in [2.45, 2.75) is 6.92 Å². The van der Waals surface area contributed by atoms with E-state index in [1.165, 1.54) is 54.3 Å². The maximum Gasteiger partial charge on any atom is 0.0992 e. The standard InChI is InChI=1S/C22H14N2/c1-13-18-14-2-4-15(5-3-14)19(18)20-16-6-8-17(9-7-16)21(20)22(13)24-11-10-23-12-24/h2-12H,1H3. The van der Waals surface area contributed by atoms with Crippen molar-refractivity contribution in [2.75, 3.05) is 0 Å². The third kappa shape index (κ3) is 1.31. The number of imidazole rings is 1. The van der Waals surface area contributed by atoms with Gasteiger partial charge in [0.1, 0.15) is 0 Å². The summed E-state index contributed by atoms with van der Waals surface area (Å²) < 4.78 is 2.16. The molecule has 0 saturated carbocycles. The lowest BCUT2D eigenvalue weighted by atomic mass is 9.86. The van der Waals surface area contributed by atoms with Crippen LogP contribution in [0.3, 0.4) is 0 Å². The van der Waals surface area contributed by atoms with Gasteiger partial charge in [0, 0.05) is 23.2 Å². The molecule has 7 aromatic carbocycles. The van der Waals surface area contributed by atoms with Gasteiger partial charge in [0.25, 0.3) is 0 Å². The van der Waals surface area contributed by atoms with E-state index >= 15 is 0 Å². The predicted molar refractivity (Wildman–Crippen MR) is 101 cm³/mol. The van der Waals surface area contributed by atoms with Crippen molar-refractivity contribution in [1.29, 1.82) is 0 Å². The molecular weight excluding hydrogens is 292 g/mol. The van der Waals surface area contributed by atoms with Crippen molar-refractivity contribution in [2.24, 2.45) is 0 Å². The van der Waals surface area contributed by atoms with E-state index in [4.69, 9.17) is 0 Å². The molecule has 112 valence electrons. The molecule has 2 heteroatoms. The highest BCUT2D eigenvalue weighted by Gasteiger charge is 2.19. The van der Waals surface area contributed by atoms with Crippen LogP contribution in [0.25, 0.3) is 48.8 Å². The van der Waals surface area contributed by atoms with E-state index in [0.29, 0.717) is 0 Å². The van der Waals surface area contributed by atoms with Gasteiger partial charge in [-0.1, -0.05) is 48.5 Å². The second-order valence-corrected chi connectivity index (χ2v) is 6.60. The van der Waals surface area contributed by atoms with Gasteiger partial charge in [0.15, 0.2) is 0 Å². The molecule has 8 rings (SSSR count). The van der Waals surface area contributed by atoms with Gasteiger partial charge < -0.3 is 4.57 Å². The SMILES string of the molecule is Cc1c(-n2ccnc2)c2c3ccc(cc3)c2c2c3ccc(cc3)c12. The summed E-state index contributed by atoms with van der Waals surface area (Å²) in [6, 6.07) is 17.9. The Bertz CT molecular complexity index is 1300. The number of rotatable bonds is 1. The summed E-state index contributed by atoms with van der Waals surface area (Å²) in [6.45, 7) is 2.24. The molecule has 0 aliphatic carbocycles. The Hall–Kier alpha value is -3.13. The quantitative estimate of drug-likeness (QED) is 0.358. The highest BCUT2D eigenvalue weighted by Crippen LogP contribution is 2.44. The number of hydrogen-bond acceptors (Lipinski definition) is 1. The zero-order chi connectivity index (χ0) is 15.8. The van der Waals surface area contributed by atoms with Crippen LogP contribution in [0, 0.1) is 6.92 Å². The minimum Gasteiger partial charge on any atom is -0.305 e. The van der Waals surface area contributed by atoms with Crippen molar-refractivity contribution in [3.8, 4) is 5.69 Å². The van der Waals surface area contributed by atoms with Gasteiger partial charge in [-0.15, -0.1) is 0 Å². The second kappa shape index (κ2) is 4.04. The monoisotopic (exact) mass is 306 g/mol. The first kappa shape index (κ1) is 12.3. The number of fused-ring (bicyclic) bond motifs is 4. The van der Waals surface area contributed by atoms with Crippen LogP contribution in [0.2, 0.25) is 0 Å². The van der Waals surface area contributed by atoms with Crippen LogP contribution in [-0.2, 0) is 0 Å². The van der Waals surface area contributed by atoms with Crippen molar-refractivity contribution in [1.82, 2.24) is 9.55 Å². The summed E-state index contributed by atoms with van der Waals surface area (Å²) in [5.41, 5.74) is 2.58. The van der Waals surface area contributed by atoms with E-state index in [0.717, 1.165) is 0 Å². The molecule has 1 heterocycles. The second-order valence-electron chi connectivity index (χ2n) is 6.60. The lowest BCUT2D eigenvalue weighted by Crippen LogP contribution is -2.00. The molecule has 8 aromatic rings. The van der Waals surface area contributed by atoms with E-state index in [1.54, 1.807) is 0 Å². The summed E-state index contributed by atoms with van der Waals surface area (Å²) in [5.74, 6) is 0. The first-order valence-corrected chi connectivity index (χ1v) is 8.23. The van der Waals surface area contributed by atoms with Gasteiger partial charge in [-0.3, -0.25) is 0 Å². The van der Waals surface area contributed by atoms with E-state index in [1.807, 2.05) is 18.7 Å². The zero-order valence-electron chi connectivity index (χ0n) is 13.2. The van der Waals surface area contributed by atoms with E-state index in [2.05, 4.69) is 65.0 Å². The zero-order valence-corrected chi connectivity index (χ0v) is 13.2. The number of aryl methyl sites for hydroxylation is 1. The Morgan fingerprint density at radius 3 is 1.71 bits per heavy atom. The molecule has 0 atom stereocenters. The molecule has 2 nitrogen and oxygen atoms in total. The van der Waals surface area contributed by atoms with E-state index < -0.39 is 0 Å². The van der Waals surface area contributed by atoms with E-state index in [-0.39, 0.29) is 0 Å². The Morgan fingerprint density at radius 1 is 0.667 bits per heavy atom. The van der Waals surface area contributed by atoms with Crippen LogP contribution >= 0.6 is 0 Å². The van der Waals surface area contributed by atoms with Crippen LogP contribution in [0.1, 0.15) is 5.56 Å². The van der Waals surface area contributed by atoms with Crippen LogP contribution in [0.5, 0.6) is 0 Å². The fourth-order valence-corrected chi connectivity index (χ4v) is 4.40. The normalized spacial score (nSPS) is 12.4. The summed E-state index contributed by atoms with van der Waals surface area (Å²) in [5, 5.41) is 10.7. The highest BCUT2D eigenvalue weighted by atomic mass is 15.0. The average molecular weight is 306 g/mol. The molecule has 0 aliphatic rings. The van der Waals surface area contributed by atoms with Gasteiger partial charge >= 0.3 is 0 Å². The Balaban J connectivity index is 2.05. The molecule has 0 unspecified atom stereocenters. The highest BCUT2D eigenvalue weighted by molar-refractivity contribution is 6.32. The van der Waals surface area contributed by atoms with Crippen molar-refractivity contribution < 1.29 is 0 Å². The lowest BCUT2D eigenvalue weighted by molar-refractivity contribution is 1.06. The summed E-state index contributed by atoms with van der Waals surface area (Å²) in [6.07, 6.45) is 5.80. The van der Waals surface area contributed by atoms with Crippen molar-refractivity contribution in [3.05, 3.63) is 72.8 Å². The number of hydrogen-bond donors (Lipinski definition) is 0. The minimum absolute atomic E-state index is 1.25. The smallest absolute Gasteiger partial charge is 0.0992 e. The molecule has 0 fully saturated rings. The van der Waals surface area contributed by atoms with Crippen LogP contribution in [0.4, 0.5) is 0 Å². The van der Waals surface area contributed by atoms with Gasteiger partial charge in [-0.25, -0.2) is 4.98 Å². The summed E-state index contributed by atoms with van der Waals surface area (Å²) in [4.78, 5) is 4.28. The lowest BCUT2D eigenvalue weighted by Gasteiger charge is -2.21.